The third-order valence-corrected chi connectivity index (χ3v) is 7.01. The summed E-state index contributed by atoms with van der Waals surface area (Å²) in [7, 11) is 5.75. The highest BCUT2D eigenvalue weighted by molar-refractivity contribution is 7.23. The van der Waals surface area contributed by atoms with Crippen LogP contribution in [0.3, 0.4) is 0 Å². The highest BCUT2D eigenvalue weighted by Gasteiger charge is 2.16. The summed E-state index contributed by atoms with van der Waals surface area (Å²) in [6.07, 6.45) is 4.48. The molecular formula is C25H28N4O2S. The lowest BCUT2D eigenvalue weighted by Crippen LogP contribution is -2.27. The van der Waals surface area contributed by atoms with Crippen LogP contribution in [-0.2, 0) is 0 Å². The van der Waals surface area contributed by atoms with Crippen molar-refractivity contribution in [1.82, 2.24) is 19.6 Å². The number of amides is 1. The van der Waals surface area contributed by atoms with Gasteiger partial charge in [0.05, 0.1) is 15.9 Å². The van der Waals surface area contributed by atoms with Gasteiger partial charge in [0, 0.05) is 42.4 Å². The number of nitrogens with zero attached hydrogens (tertiary/aromatic N) is 3. The second-order valence-corrected chi connectivity index (χ2v) is 9.22. The fraction of sp³-hybridized carbons (Fsp3) is 0.320. The van der Waals surface area contributed by atoms with E-state index in [1.165, 1.54) is 0 Å². The first kappa shape index (κ1) is 22.2. The van der Waals surface area contributed by atoms with Crippen molar-refractivity contribution in [3.8, 4) is 11.3 Å². The van der Waals surface area contributed by atoms with Gasteiger partial charge in [-0.1, -0.05) is 30.4 Å². The third kappa shape index (κ3) is 4.31. The van der Waals surface area contributed by atoms with Gasteiger partial charge in [0.2, 0.25) is 0 Å². The van der Waals surface area contributed by atoms with Gasteiger partial charge >= 0.3 is 0 Å². The number of nitrogens with one attached hydrogen (secondary N) is 1. The predicted octanol–water partition coefficient (Wildman–Crippen LogP) is 4.88. The number of fused-ring (bicyclic) bond motifs is 3. The fourth-order valence-electron chi connectivity index (χ4n) is 4.02. The Hall–Kier alpha value is -3.03. The molecular weight excluding hydrogens is 420 g/mol. The molecule has 4 aromatic rings. The van der Waals surface area contributed by atoms with Crippen LogP contribution in [0.5, 0.6) is 0 Å². The van der Waals surface area contributed by atoms with Gasteiger partial charge in [-0.25, -0.2) is 4.98 Å². The number of imidazole rings is 1. The van der Waals surface area contributed by atoms with Crippen molar-refractivity contribution in [2.24, 2.45) is 0 Å². The zero-order valence-electron chi connectivity index (χ0n) is 18.9. The summed E-state index contributed by atoms with van der Waals surface area (Å²) in [4.78, 5) is 32.3. The van der Waals surface area contributed by atoms with Gasteiger partial charge in [0.1, 0.15) is 0 Å². The van der Waals surface area contributed by atoms with E-state index in [0.29, 0.717) is 18.0 Å². The lowest BCUT2D eigenvalue weighted by Gasteiger charge is -2.22. The monoisotopic (exact) mass is 448 g/mol. The first-order chi connectivity index (χ1) is 15.4. The Morgan fingerprint density at radius 2 is 1.84 bits per heavy atom. The number of hydrogen-bond acceptors (Lipinski definition) is 5. The molecule has 0 aliphatic rings. The summed E-state index contributed by atoms with van der Waals surface area (Å²) in [5.74, 6) is 0.0841. The number of carbonyl (C=O) groups excluding carboxylic acids is 2. The van der Waals surface area contributed by atoms with Crippen LogP contribution < -0.4 is 5.32 Å². The number of Topliss-reactive ketones (excluding diaryl/α,β-unsaturated/α-hetero) is 1. The number of rotatable bonds is 8. The number of hydrogen-bond donors (Lipinski definition) is 1. The average molecular weight is 449 g/mol. The largest absolute Gasteiger partial charge is 0.355 e. The van der Waals surface area contributed by atoms with Gasteiger partial charge < -0.3 is 10.2 Å². The SMILES string of the molecule is CCC(CCC(=O)c1ccc2c(c1)sc1nc(-c3ccc(C(=O)NC)cc3)cn12)N(C)C. The number of benzene rings is 2. The van der Waals surface area contributed by atoms with E-state index in [1.807, 2.05) is 36.5 Å². The van der Waals surface area contributed by atoms with Gasteiger partial charge in [-0.05, 0) is 57.3 Å². The molecule has 0 aliphatic carbocycles. The molecule has 0 saturated carbocycles. The average Bonchev–Trinajstić information content (AvgIpc) is 3.36. The zero-order chi connectivity index (χ0) is 22.8. The summed E-state index contributed by atoms with van der Waals surface area (Å²) in [6.45, 7) is 2.16. The number of thiazole rings is 1. The van der Waals surface area contributed by atoms with Gasteiger partial charge in [-0.2, -0.15) is 0 Å². The summed E-state index contributed by atoms with van der Waals surface area (Å²) < 4.78 is 3.12. The van der Waals surface area contributed by atoms with E-state index < -0.39 is 0 Å². The second kappa shape index (κ2) is 9.22. The van der Waals surface area contributed by atoms with Gasteiger partial charge in [-0.3, -0.25) is 14.0 Å². The summed E-state index contributed by atoms with van der Waals surface area (Å²) >= 11 is 1.58. The van der Waals surface area contributed by atoms with Crippen LogP contribution in [-0.4, -0.2) is 53.2 Å². The molecule has 2 heterocycles. The lowest BCUT2D eigenvalue weighted by atomic mass is 10.0. The molecule has 6 nitrogen and oxygen atoms in total. The molecule has 4 rings (SSSR count). The highest BCUT2D eigenvalue weighted by Crippen LogP contribution is 2.30. The van der Waals surface area contributed by atoms with E-state index >= 15 is 0 Å². The lowest BCUT2D eigenvalue weighted by molar-refractivity contribution is 0.0957. The molecule has 1 N–H and O–H groups in total. The highest BCUT2D eigenvalue weighted by atomic mass is 32.1. The summed E-state index contributed by atoms with van der Waals surface area (Å²) in [6, 6.07) is 13.8. The van der Waals surface area contributed by atoms with Crippen LogP contribution in [0.15, 0.2) is 48.7 Å². The minimum absolute atomic E-state index is 0.106. The van der Waals surface area contributed by atoms with Crippen molar-refractivity contribution in [2.45, 2.75) is 32.2 Å². The van der Waals surface area contributed by atoms with E-state index in [-0.39, 0.29) is 11.7 Å². The van der Waals surface area contributed by atoms with E-state index in [0.717, 1.165) is 44.8 Å². The smallest absolute Gasteiger partial charge is 0.251 e. The van der Waals surface area contributed by atoms with Crippen LogP contribution in [0.25, 0.3) is 26.4 Å². The number of aromatic nitrogens is 2. The van der Waals surface area contributed by atoms with Crippen LogP contribution in [0.1, 0.15) is 46.9 Å². The molecule has 0 bridgehead atoms. The minimum Gasteiger partial charge on any atom is -0.355 e. The molecule has 1 amide bonds. The Kier molecular flexibility index (Phi) is 6.39. The molecule has 0 radical (unpaired) electrons. The molecule has 2 aromatic carbocycles. The minimum atomic E-state index is -0.106. The molecule has 7 heteroatoms. The summed E-state index contributed by atoms with van der Waals surface area (Å²) in [5, 5.41) is 2.63. The van der Waals surface area contributed by atoms with Crippen molar-refractivity contribution in [3.05, 3.63) is 59.8 Å². The molecule has 2 aromatic heterocycles. The molecule has 1 atom stereocenters. The van der Waals surface area contributed by atoms with Crippen LogP contribution in [0.4, 0.5) is 0 Å². The number of carbonyl (C=O) groups is 2. The third-order valence-electron chi connectivity index (χ3n) is 5.99. The van der Waals surface area contributed by atoms with Crippen LogP contribution in [0, 0.1) is 0 Å². The van der Waals surface area contributed by atoms with E-state index in [9.17, 15) is 9.59 Å². The van der Waals surface area contributed by atoms with Crippen molar-refractivity contribution < 1.29 is 9.59 Å². The zero-order valence-corrected chi connectivity index (χ0v) is 19.7. The Bertz CT molecular complexity index is 1270. The maximum atomic E-state index is 12.8. The summed E-state index contributed by atoms with van der Waals surface area (Å²) in [5.41, 5.74) is 4.24. The topological polar surface area (TPSA) is 66.7 Å². The molecule has 0 fully saturated rings. The molecule has 0 saturated heterocycles. The Labute approximate surface area is 191 Å². The molecule has 1 unspecified atom stereocenters. The van der Waals surface area contributed by atoms with Crippen molar-refractivity contribution in [3.63, 3.8) is 0 Å². The van der Waals surface area contributed by atoms with Crippen molar-refractivity contribution in [1.29, 1.82) is 0 Å². The maximum absolute atomic E-state index is 12.8. The van der Waals surface area contributed by atoms with E-state index in [4.69, 9.17) is 4.98 Å². The van der Waals surface area contributed by atoms with Crippen LogP contribution >= 0.6 is 11.3 Å². The molecule has 166 valence electrons. The van der Waals surface area contributed by atoms with Gasteiger partial charge in [-0.15, -0.1) is 0 Å². The van der Waals surface area contributed by atoms with Crippen LogP contribution in [0.2, 0.25) is 0 Å². The molecule has 0 aliphatic heterocycles. The quantitative estimate of drug-likeness (QED) is 0.390. The normalized spacial score (nSPS) is 12.5. The van der Waals surface area contributed by atoms with E-state index in [2.05, 4.69) is 35.6 Å². The first-order valence-corrected chi connectivity index (χ1v) is 11.7. The van der Waals surface area contributed by atoms with Crippen molar-refractivity contribution >= 4 is 38.2 Å². The van der Waals surface area contributed by atoms with Crippen molar-refractivity contribution in [2.75, 3.05) is 21.1 Å². The Balaban J connectivity index is 1.56. The first-order valence-electron chi connectivity index (χ1n) is 10.8. The fourth-order valence-corrected chi connectivity index (χ4v) is 5.07. The Morgan fingerprint density at radius 1 is 1.12 bits per heavy atom. The van der Waals surface area contributed by atoms with Gasteiger partial charge in [0.15, 0.2) is 10.7 Å². The maximum Gasteiger partial charge on any atom is 0.251 e. The standard InChI is InChI=1S/C25H28N4O2S/c1-5-19(28(3)4)11-13-22(30)18-10-12-21-23(14-18)32-25-27-20(15-29(21)25)16-6-8-17(9-7-16)24(31)26-2/h6-10,12,14-15,19H,5,11,13H2,1-4H3,(H,26,31). The predicted molar refractivity (Wildman–Crippen MR) is 131 cm³/mol. The second-order valence-electron chi connectivity index (χ2n) is 8.21. The van der Waals surface area contributed by atoms with E-state index in [1.54, 1.807) is 30.5 Å². The Morgan fingerprint density at radius 3 is 2.50 bits per heavy atom. The van der Waals surface area contributed by atoms with Gasteiger partial charge in [0.25, 0.3) is 5.91 Å². The molecule has 32 heavy (non-hydrogen) atoms. The molecule has 0 spiro atoms. The number of ketones is 1.